The molecule has 1 heterocycles. The van der Waals surface area contributed by atoms with E-state index in [-0.39, 0.29) is 18.4 Å². The molecule has 1 aliphatic heterocycles. The summed E-state index contributed by atoms with van der Waals surface area (Å²) in [7, 11) is 0. The van der Waals surface area contributed by atoms with Gasteiger partial charge in [0.25, 0.3) is 0 Å². The molecule has 2 fully saturated rings. The average molecular weight is 284 g/mol. The van der Waals surface area contributed by atoms with Crippen LogP contribution in [0.3, 0.4) is 0 Å². The van der Waals surface area contributed by atoms with Crippen molar-refractivity contribution >= 4 is 11.9 Å². The molecule has 0 bridgehead atoms. The second-order valence-electron chi connectivity index (χ2n) is 6.52. The van der Waals surface area contributed by atoms with E-state index in [1.165, 1.54) is 0 Å². The van der Waals surface area contributed by atoms with E-state index in [0.29, 0.717) is 18.3 Å². The van der Waals surface area contributed by atoms with Crippen LogP contribution in [0.1, 0.15) is 46.5 Å². The van der Waals surface area contributed by atoms with E-state index in [1.54, 1.807) is 6.92 Å². The van der Waals surface area contributed by atoms with Crippen LogP contribution in [0.5, 0.6) is 0 Å². The van der Waals surface area contributed by atoms with Gasteiger partial charge in [0.15, 0.2) is 0 Å². The lowest BCUT2D eigenvalue weighted by Gasteiger charge is -2.26. The van der Waals surface area contributed by atoms with Crippen LogP contribution in [0, 0.1) is 23.7 Å². The van der Waals surface area contributed by atoms with Crippen molar-refractivity contribution in [1.82, 2.24) is 0 Å². The van der Waals surface area contributed by atoms with Gasteiger partial charge in [0.1, 0.15) is 5.60 Å². The molecule has 0 aromatic rings. The van der Waals surface area contributed by atoms with Crippen molar-refractivity contribution < 1.29 is 24.5 Å². The molecule has 2 rings (SSSR count). The van der Waals surface area contributed by atoms with Gasteiger partial charge in [-0.2, -0.15) is 0 Å². The van der Waals surface area contributed by atoms with Gasteiger partial charge >= 0.3 is 11.9 Å². The predicted octanol–water partition coefficient (Wildman–Crippen LogP) is 2.39. The largest absolute Gasteiger partial charge is 0.481 e. The van der Waals surface area contributed by atoms with Gasteiger partial charge in [0.05, 0.1) is 12.0 Å². The number of carboxylic acids is 2. The third-order valence-electron chi connectivity index (χ3n) is 5.44. The lowest BCUT2D eigenvalue weighted by Crippen LogP contribution is -2.32. The molecule has 20 heavy (non-hydrogen) atoms. The topological polar surface area (TPSA) is 87.1 Å². The number of epoxide rings is 1. The summed E-state index contributed by atoms with van der Waals surface area (Å²) >= 11 is 0. The SMILES string of the molecule is C[C@@H]1[C@@H](CCC(=O)O)[C@@H](C)CC[C@]2([C@@H](C)C(=O)O)O[C@H]12. The van der Waals surface area contributed by atoms with Gasteiger partial charge in [0, 0.05) is 6.42 Å². The number of aliphatic carboxylic acids is 2. The molecule has 1 saturated heterocycles. The molecule has 2 aliphatic rings. The molecule has 0 amide bonds. The third kappa shape index (κ3) is 2.55. The smallest absolute Gasteiger partial charge is 0.309 e. The normalized spacial score (nSPS) is 41.4. The van der Waals surface area contributed by atoms with Crippen LogP contribution in [0.15, 0.2) is 0 Å². The monoisotopic (exact) mass is 284 g/mol. The Kier molecular flexibility index (Phi) is 4.09. The van der Waals surface area contributed by atoms with Gasteiger partial charge < -0.3 is 14.9 Å². The van der Waals surface area contributed by atoms with Crippen molar-refractivity contribution in [3.8, 4) is 0 Å². The maximum absolute atomic E-state index is 11.3. The molecule has 6 atom stereocenters. The summed E-state index contributed by atoms with van der Waals surface area (Å²) in [6.45, 7) is 5.94. The Morgan fingerprint density at radius 1 is 1.35 bits per heavy atom. The van der Waals surface area contributed by atoms with Crippen molar-refractivity contribution in [2.24, 2.45) is 23.7 Å². The van der Waals surface area contributed by atoms with Gasteiger partial charge in [-0.25, -0.2) is 0 Å². The van der Waals surface area contributed by atoms with Crippen LogP contribution in [-0.2, 0) is 14.3 Å². The fourth-order valence-electron chi connectivity index (χ4n) is 3.98. The van der Waals surface area contributed by atoms with Crippen LogP contribution in [-0.4, -0.2) is 33.9 Å². The molecule has 1 saturated carbocycles. The van der Waals surface area contributed by atoms with E-state index >= 15 is 0 Å². The minimum atomic E-state index is -0.809. The van der Waals surface area contributed by atoms with Crippen LogP contribution >= 0.6 is 0 Å². The van der Waals surface area contributed by atoms with Crippen molar-refractivity contribution in [1.29, 1.82) is 0 Å². The zero-order valence-electron chi connectivity index (χ0n) is 12.3. The molecule has 2 N–H and O–H groups in total. The standard InChI is InChI=1S/C15H24O5/c1-8-6-7-15(10(3)14(18)19)13(20-15)9(2)11(8)4-5-12(16)17/h8-11,13H,4-7H2,1-3H3,(H,16,17)(H,18,19)/t8-,9+,10-,11-,13+,15+/m0/s1. The Morgan fingerprint density at radius 2 is 2.00 bits per heavy atom. The summed E-state index contributed by atoms with van der Waals surface area (Å²) in [6.07, 6.45) is 2.46. The predicted molar refractivity (Wildman–Crippen MR) is 72.3 cm³/mol. The summed E-state index contributed by atoms with van der Waals surface area (Å²) in [5.41, 5.74) is -0.516. The summed E-state index contributed by atoms with van der Waals surface area (Å²) in [6, 6.07) is 0. The first-order chi connectivity index (χ1) is 9.29. The summed E-state index contributed by atoms with van der Waals surface area (Å²) in [4.78, 5) is 22.1. The second kappa shape index (κ2) is 5.35. The highest BCUT2D eigenvalue weighted by atomic mass is 16.6. The van der Waals surface area contributed by atoms with Gasteiger partial charge in [-0.1, -0.05) is 13.8 Å². The van der Waals surface area contributed by atoms with Crippen LogP contribution in [0.4, 0.5) is 0 Å². The van der Waals surface area contributed by atoms with E-state index in [1.807, 2.05) is 0 Å². The molecule has 5 nitrogen and oxygen atoms in total. The number of carboxylic acid groups (broad SMARTS) is 2. The van der Waals surface area contributed by atoms with E-state index in [2.05, 4.69) is 13.8 Å². The Morgan fingerprint density at radius 3 is 2.55 bits per heavy atom. The molecular weight excluding hydrogens is 260 g/mol. The number of rotatable bonds is 5. The first-order valence-corrected chi connectivity index (χ1v) is 7.42. The second-order valence-corrected chi connectivity index (χ2v) is 6.52. The van der Waals surface area contributed by atoms with Gasteiger partial charge in [-0.05, 0) is 43.9 Å². The molecule has 0 unspecified atom stereocenters. The van der Waals surface area contributed by atoms with Crippen LogP contribution in [0.2, 0.25) is 0 Å². The van der Waals surface area contributed by atoms with Crippen molar-refractivity contribution in [2.45, 2.75) is 58.2 Å². The molecule has 1 aliphatic carbocycles. The molecule has 0 radical (unpaired) electrons. The quantitative estimate of drug-likeness (QED) is 0.757. The highest BCUT2D eigenvalue weighted by molar-refractivity contribution is 5.72. The lowest BCUT2D eigenvalue weighted by atomic mass is 9.78. The Bertz CT molecular complexity index is 407. The van der Waals surface area contributed by atoms with Crippen molar-refractivity contribution in [3.63, 3.8) is 0 Å². The highest BCUT2D eigenvalue weighted by Crippen LogP contribution is 2.56. The van der Waals surface area contributed by atoms with Crippen LogP contribution in [0.25, 0.3) is 0 Å². The zero-order chi connectivity index (χ0) is 15.1. The first kappa shape index (κ1) is 15.3. The lowest BCUT2D eigenvalue weighted by molar-refractivity contribution is -0.143. The van der Waals surface area contributed by atoms with E-state index < -0.39 is 23.5 Å². The van der Waals surface area contributed by atoms with E-state index in [9.17, 15) is 14.7 Å². The summed E-state index contributed by atoms with van der Waals surface area (Å²) in [5.74, 6) is -1.15. The number of hydrogen-bond acceptors (Lipinski definition) is 3. The van der Waals surface area contributed by atoms with Crippen molar-refractivity contribution in [2.75, 3.05) is 0 Å². The van der Waals surface area contributed by atoms with Gasteiger partial charge in [-0.3, -0.25) is 9.59 Å². The summed E-state index contributed by atoms with van der Waals surface area (Å²) in [5, 5.41) is 18.1. The molecule has 0 aromatic carbocycles. The third-order valence-corrected chi connectivity index (χ3v) is 5.44. The molecule has 0 aromatic heterocycles. The minimum Gasteiger partial charge on any atom is -0.481 e. The molecule has 0 spiro atoms. The zero-order valence-corrected chi connectivity index (χ0v) is 12.3. The minimum absolute atomic E-state index is 0.0302. The van der Waals surface area contributed by atoms with Gasteiger partial charge in [0.2, 0.25) is 0 Å². The fourth-order valence-corrected chi connectivity index (χ4v) is 3.98. The molecule has 114 valence electrons. The highest BCUT2D eigenvalue weighted by Gasteiger charge is 2.65. The van der Waals surface area contributed by atoms with Crippen molar-refractivity contribution in [3.05, 3.63) is 0 Å². The van der Waals surface area contributed by atoms with Crippen LogP contribution < -0.4 is 0 Å². The Labute approximate surface area is 119 Å². The number of carbonyl (C=O) groups is 2. The number of fused-ring (bicyclic) bond motifs is 1. The maximum atomic E-state index is 11.3. The molecule has 5 heteroatoms. The van der Waals surface area contributed by atoms with E-state index in [4.69, 9.17) is 9.84 Å². The number of hydrogen-bond donors (Lipinski definition) is 2. The number of ether oxygens (including phenoxy) is 1. The maximum Gasteiger partial charge on any atom is 0.309 e. The molecular formula is C15H24O5. The Balaban J connectivity index is 2.11. The first-order valence-electron chi connectivity index (χ1n) is 7.42. The fraction of sp³-hybridized carbons (Fsp3) is 0.867. The van der Waals surface area contributed by atoms with Gasteiger partial charge in [-0.15, -0.1) is 0 Å². The van der Waals surface area contributed by atoms with E-state index in [0.717, 1.165) is 12.8 Å². The Hall–Kier alpha value is -1.10. The summed E-state index contributed by atoms with van der Waals surface area (Å²) < 4.78 is 5.84. The average Bonchev–Trinajstić information content (AvgIpc) is 3.10.